The summed E-state index contributed by atoms with van der Waals surface area (Å²) in [6.45, 7) is 11.2. The molecule has 0 amide bonds. The monoisotopic (exact) mass is 113 g/mol. The SMILES string of the molecule is C[C](C)C(C)C(C)C. The minimum atomic E-state index is 0.787. The number of hydrogen-bond donors (Lipinski definition) is 0. The molecular weight excluding hydrogens is 96.1 g/mol. The average molecular weight is 113 g/mol. The van der Waals surface area contributed by atoms with E-state index in [1.165, 1.54) is 0 Å². The van der Waals surface area contributed by atoms with Gasteiger partial charge < -0.3 is 0 Å². The molecule has 0 aromatic heterocycles. The van der Waals surface area contributed by atoms with E-state index in [4.69, 9.17) is 0 Å². The third-order valence-corrected chi connectivity index (χ3v) is 1.91. The van der Waals surface area contributed by atoms with Crippen LogP contribution in [-0.4, -0.2) is 0 Å². The van der Waals surface area contributed by atoms with Crippen molar-refractivity contribution in [2.75, 3.05) is 0 Å². The predicted molar refractivity (Wildman–Crippen MR) is 38.6 cm³/mol. The Bertz CT molecular complexity index is 45.1. The van der Waals surface area contributed by atoms with Crippen LogP contribution < -0.4 is 0 Å². The van der Waals surface area contributed by atoms with Gasteiger partial charge in [-0.15, -0.1) is 0 Å². The maximum Gasteiger partial charge on any atom is -0.0272 e. The molecule has 0 fully saturated rings. The van der Waals surface area contributed by atoms with E-state index in [0.29, 0.717) is 0 Å². The first-order valence-electron chi connectivity index (χ1n) is 3.35. The van der Waals surface area contributed by atoms with Gasteiger partial charge in [0.2, 0.25) is 0 Å². The Hall–Kier alpha value is 0. The summed E-state index contributed by atoms with van der Waals surface area (Å²) in [5.41, 5.74) is 0. The Balaban J connectivity index is 3.46. The number of rotatable bonds is 2. The van der Waals surface area contributed by atoms with E-state index in [1.54, 1.807) is 5.92 Å². The Morgan fingerprint density at radius 2 is 1.38 bits per heavy atom. The molecule has 0 aromatic carbocycles. The minimum Gasteiger partial charge on any atom is -0.0625 e. The van der Waals surface area contributed by atoms with Crippen LogP contribution in [0.25, 0.3) is 0 Å². The van der Waals surface area contributed by atoms with Crippen molar-refractivity contribution in [2.24, 2.45) is 11.8 Å². The summed E-state index contributed by atoms with van der Waals surface area (Å²) in [5, 5.41) is 0. The minimum absolute atomic E-state index is 0.787. The van der Waals surface area contributed by atoms with Gasteiger partial charge in [0.25, 0.3) is 0 Å². The second-order valence-electron chi connectivity index (χ2n) is 3.11. The highest BCUT2D eigenvalue weighted by molar-refractivity contribution is 4.85. The first kappa shape index (κ1) is 8.00. The Morgan fingerprint density at radius 1 is 1.00 bits per heavy atom. The summed E-state index contributed by atoms with van der Waals surface area (Å²) >= 11 is 0. The molecule has 0 aliphatic rings. The van der Waals surface area contributed by atoms with Gasteiger partial charge in [0.15, 0.2) is 0 Å². The molecule has 8 heavy (non-hydrogen) atoms. The smallest absolute Gasteiger partial charge is 0.0272 e. The van der Waals surface area contributed by atoms with Crippen molar-refractivity contribution < 1.29 is 0 Å². The van der Waals surface area contributed by atoms with E-state index in [0.717, 1.165) is 11.8 Å². The van der Waals surface area contributed by atoms with E-state index >= 15 is 0 Å². The Kier molecular flexibility index (Phi) is 3.11. The molecule has 0 aromatic rings. The lowest BCUT2D eigenvalue weighted by Crippen LogP contribution is -2.08. The van der Waals surface area contributed by atoms with Gasteiger partial charge in [0, 0.05) is 0 Å². The van der Waals surface area contributed by atoms with E-state index in [2.05, 4.69) is 34.6 Å². The molecule has 1 atom stereocenters. The molecule has 1 radical (unpaired) electrons. The fourth-order valence-electron chi connectivity index (χ4n) is 0.667. The van der Waals surface area contributed by atoms with Gasteiger partial charge in [-0.1, -0.05) is 34.6 Å². The van der Waals surface area contributed by atoms with Crippen LogP contribution >= 0.6 is 0 Å². The Morgan fingerprint density at radius 3 is 1.38 bits per heavy atom. The molecule has 0 rings (SSSR count). The summed E-state index contributed by atoms with van der Waals surface area (Å²) in [6.07, 6.45) is 0. The van der Waals surface area contributed by atoms with Crippen molar-refractivity contribution >= 4 is 0 Å². The maximum absolute atomic E-state index is 2.28. The van der Waals surface area contributed by atoms with Gasteiger partial charge in [-0.2, -0.15) is 0 Å². The van der Waals surface area contributed by atoms with Crippen LogP contribution in [0.2, 0.25) is 0 Å². The maximum atomic E-state index is 2.28. The van der Waals surface area contributed by atoms with Gasteiger partial charge in [-0.25, -0.2) is 0 Å². The zero-order valence-corrected chi connectivity index (χ0v) is 6.65. The molecule has 0 aliphatic heterocycles. The van der Waals surface area contributed by atoms with Crippen LogP contribution in [0, 0.1) is 17.8 Å². The van der Waals surface area contributed by atoms with E-state index in [-0.39, 0.29) is 0 Å². The van der Waals surface area contributed by atoms with E-state index in [1.807, 2.05) is 0 Å². The predicted octanol–water partition coefficient (Wildman–Crippen LogP) is 2.89. The summed E-state index contributed by atoms with van der Waals surface area (Å²) in [5.74, 6) is 3.13. The van der Waals surface area contributed by atoms with Gasteiger partial charge >= 0.3 is 0 Å². The summed E-state index contributed by atoms with van der Waals surface area (Å²) in [4.78, 5) is 0. The van der Waals surface area contributed by atoms with Gasteiger partial charge in [-0.3, -0.25) is 0 Å². The molecule has 0 aliphatic carbocycles. The standard InChI is InChI=1S/C8H17/c1-6(2)8(5)7(3)4/h6,8H,1-5H3. The second-order valence-corrected chi connectivity index (χ2v) is 3.11. The van der Waals surface area contributed by atoms with Crippen LogP contribution in [0.5, 0.6) is 0 Å². The summed E-state index contributed by atoms with van der Waals surface area (Å²) in [7, 11) is 0. The van der Waals surface area contributed by atoms with Crippen LogP contribution in [0.4, 0.5) is 0 Å². The van der Waals surface area contributed by atoms with Crippen molar-refractivity contribution in [3.63, 3.8) is 0 Å². The topological polar surface area (TPSA) is 0 Å². The van der Waals surface area contributed by atoms with Crippen molar-refractivity contribution in [1.82, 2.24) is 0 Å². The van der Waals surface area contributed by atoms with Gasteiger partial charge in [0.05, 0.1) is 0 Å². The van der Waals surface area contributed by atoms with Crippen molar-refractivity contribution in [1.29, 1.82) is 0 Å². The van der Waals surface area contributed by atoms with Crippen molar-refractivity contribution in [2.45, 2.75) is 34.6 Å². The zero-order chi connectivity index (χ0) is 6.73. The molecule has 1 unspecified atom stereocenters. The lowest BCUT2D eigenvalue weighted by molar-refractivity contribution is 0.437. The average Bonchev–Trinajstić information content (AvgIpc) is 1.64. The first-order chi connectivity index (χ1) is 3.55. The largest absolute Gasteiger partial charge is 0.0625 e. The first-order valence-corrected chi connectivity index (χ1v) is 3.35. The summed E-state index contributed by atoms with van der Waals surface area (Å²) in [6, 6.07) is 0. The van der Waals surface area contributed by atoms with E-state index < -0.39 is 0 Å². The normalized spacial score (nSPS) is 12.0. The van der Waals surface area contributed by atoms with E-state index in [9.17, 15) is 0 Å². The molecular formula is C8H17. The third-order valence-electron chi connectivity index (χ3n) is 1.91. The van der Waals surface area contributed by atoms with Crippen LogP contribution in [0.15, 0.2) is 0 Å². The molecule has 0 saturated carbocycles. The molecule has 0 N–H and O–H groups in total. The highest BCUT2D eigenvalue weighted by atomic mass is 14.2. The molecule has 0 bridgehead atoms. The zero-order valence-electron chi connectivity index (χ0n) is 6.65. The van der Waals surface area contributed by atoms with Crippen LogP contribution in [0.3, 0.4) is 0 Å². The summed E-state index contributed by atoms with van der Waals surface area (Å²) < 4.78 is 0. The lowest BCUT2D eigenvalue weighted by Gasteiger charge is -2.18. The molecule has 0 heteroatoms. The quantitative estimate of drug-likeness (QED) is 0.516. The molecule has 0 nitrogen and oxygen atoms in total. The molecule has 0 heterocycles. The van der Waals surface area contributed by atoms with Gasteiger partial charge in [0.1, 0.15) is 0 Å². The fraction of sp³-hybridized carbons (Fsp3) is 0.875. The molecule has 0 spiro atoms. The van der Waals surface area contributed by atoms with Gasteiger partial charge in [-0.05, 0) is 17.8 Å². The highest BCUT2D eigenvalue weighted by Gasteiger charge is 2.10. The second kappa shape index (κ2) is 3.11. The highest BCUT2D eigenvalue weighted by Crippen LogP contribution is 2.20. The van der Waals surface area contributed by atoms with Crippen LogP contribution in [0.1, 0.15) is 34.6 Å². The van der Waals surface area contributed by atoms with Crippen molar-refractivity contribution in [3.8, 4) is 0 Å². The van der Waals surface area contributed by atoms with Crippen molar-refractivity contribution in [3.05, 3.63) is 5.92 Å². The Labute approximate surface area is 53.3 Å². The van der Waals surface area contributed by atoms with Crippen LogP contribution in [-0.2, 0) is 0 Å². The third kappa shape index (κ3) is 2.34. The molecule has 49 valence electrons. The molecule has 0 saturated heterocycles. The number of hydrogen-bond acceptors (Lipinski definition) is 0. The fourth-order valence-corrected chi connectivity index (χ4v) is 0.667. The lowest BCUT2D eigenvalue weighted by atomic mass is 9.88.